The molecule has 0 radical (unpaired) electrons. The highest BCUT2D eigenvalue weighted by atomic mass is 35.5. The Hall–Kier alpha value is -0.840. The third kappa shape index (κ3) is 2.40. The molecule has 0 fully saturated rings. The van der Waals surface area contributed by atoms with Gasteiger partial charge in [-0.3, -0.25) is 4.18 Å². The molecule has 80 valence electrons. The summed E-state index contributed by atoms with van der Waals surface area (Å²) in [6, 6.07) is 5.36. The first-order valence-corrected chi connectivity index (χ1v) is 6.15. The smallest absolute Gasteiger partial charge is 0.152 e. The zero-order valence-electron chi connectivity index (χ0n) is 8.03. The Morgan fingerprint density at radius 2 is 2.33 bits per heavy atom. The lowest BCUT2D eigenvalue weighted by atomic mass is 10.2. The van der Waals surface area contributed by atoms with E-state index in [0.29, 0.717) is 5.02 Å². The first kappa shape index (κ1) is 10.7. The summed E-state index contributed by atoms with van der Waals surface area (Å²) in [4.78, 5) is 0. The maximum atomic E-state index is 10.8. The third-order valence-corrected chi connectivity index (χ3v) is 2.68. The van der Waals surface area contributed by atoms with E-state index in [2.05, 4.69) is 0 Å². The highest BCUT2D eigenvalue weighted by molar-refractivity contribution is 7.79. The Balaban J connectivity index is 2.35. The van der Waals surface area contributed by atoms with Crippen molar-refractivity contribution in [2.75, 3.05) is 6.26 Å². The van der Waals surface area contributed by atoms with E-state index in [9.17, 15) is 4.21 Å². The zero-order chi connectivity index (χ0) is 10.8. The maximum absolute atomic E-state index is 10.8. The fourth-order valence-corrected chi connectivity index (χ4v) is 1.78. The Morgan fingerprint density at radius 1 is 1.53 bits per heavy atom. The van der Waals surface area contributed by atoms with Crippen LogP contribution in [-0.2, 0) is 21.9 Å². The van der Waals surface area contributed by atoms with Crippen LogP contribution < -0.4 is 0 Å². The molecule has 1 aromatic carbocycles. The van der Waals surface area contributed by atoms with Crippen molar-refractivity contribution < 1.29 is 12.8 Å². The van der Waals surface area contributed by atoms with Crippen LogP contribution in [0.15, 0.2) is 28.9 Å². The first-order chi connectivity index (χ1) is 7.16. The van der Waals surface area contributed by atoms with E-state index in [0.717, 1.165) is 16.5 Å². The molecule has 0 aliphatic heterocycles. The second-order valence-electron chi connectivity index (χ2n) is 3.06. The molecule has 1 heterocycles. The molecule has 2 rings (SSSR count). The second kappa shape index (κ2) is 4.35. The molecule has 0 saturated heterocycles. The van der Waals surface area contributed by atoms with Gasteiger partial charge in [0.05, 0.1) is 12.9 Å². The van der Waals surface area contributed by atoms with Crippen molar-refractivity contribution in [3.63, 3.8) is 0 Å². The second-order valence-corrected chi connectivity index (χ2v) is 4.54. The number of hydrogen-bond donors (Lipinski definition) is 0. The maximum Gasteiger partial charge on any atom is 0.152 e. The van der Waals surface area contributed by atoms with Crippen molar-refractivity contribution in [1.82, 2.24) is 0 Å². The fourth-order valence-electron chi connectivity index (χ4n) is 1.31. The van der Waals surface area contributed by atoms with Gasteiger partial charge in [-0.25, -0.2) is 4.21 Å². The fraction of sp³-hybridized carbons (Fsp3) is 0.200. The van der Waals surface area contributed by atoms with Crippen LogP contribution in [0.2, 0.25) is 5.02 Å². The monoisotopic (exact) mass is 244 g/mol. The summed E-state index contributed by atoms with van der Waals surface area (Å²) in [5.41, 5.74) is 1.60. The van der Waals surface area contributed by atoms with Crippen LogP contribution in [0.25, 0.3) is 11.0 Å². The quantitative estimate of drug-likeness (QED) is 0.834. The van der Waals surface area contributed by atoms with Crippen LogP contribution in [0.1, 0.15) is 5.56 Å². The molecule has 0 bridgehead atoms. The Bertz CT molecular complexity index is 506. The normalized spacial score (nSPS) is 13.2. The summed E-state index contributed by atoms with van der Waals surface area (Å²) >= 11 is 4.59. The van der Waals surface area contributed by atoms with Gasteiger partial charge in [-0.05, 0) is 18.2 Å². The van der Waals surface area contributed by atoms with E-state index < -0.39 is 11.1 Å². The minimum atomic E-state index is -1.27. The molecule has 0 amide bonds. The summed E-state index contributed by atoms with van der Waals surface area (Å²) in [7, 11) is 0. The van der Waals surface area contributed by atoms with Gasteiger partial charge in [-0.1, -0.05) is 11.6 Å². The van der Waals surface area contributed by atoms with Gasteiger partial charge in [-0.15, -0.1) is 0 Å². The molecule has 0 aliphatic rings. The van der Waals surface area contributed by atoms with E-state index in [1.54, 1.807) is 24.5 Å². The lowest BCUT2D eigenvalue weighted by molar-refractivity contribution is 0.339. The van der Waals surface area contributed by atoms with Crippen LogP contribution in [-0.4, -0.2) is 10.5 Å². The van der Waals surface area contributed by atoms with E-state index in [1.807, 2.05) is 0 Å². The summed E-state index contributed by atoms with van der Waals surface area (Å²) in [6.45, 7) is 0.260. The minimum absolute atomic E-state index is 0.260. The van der Waals surface area contributed by atoms with Crippen LogP contribution in [0.5, 0.6) is 0 Å². The Morgan fingerprint density at radius 3 is 3.07 bits per heavy atom. The SMILES string of the molecule is CS(=O)OCc1coc2ccc(Cl)cc12. The highest BCUT2D eigenvalue weighted by Crippen LogP contribution is 2.25. The van der Waals surface area contributed by atoms with Crippen LogP contribution in [0, 0.1) is 0 Å². The van der Waals surface area contributed by atoms with Crippen molar-refractivity contribution in [3.05, 3.63) is 35.0 Å². The number of furan rings is 1. The van der Waals surface area contributed by atoms with Crippen molar-refractivity contribution in [3.8, 4) is 0 Å². The predicted octanol–water partition coefficient (Wildman–Crippen LogP) is 2.90. The first-order valence-electron chi connectivity index (χ1n) is 4.29. The molecule has 0 aliphatic carbocycles. The molecule has 5 heteroatoms. The number of hydrogen-bond acceptors (Lipinski definition) is 3. The molecule has 0 N–H and O–H groups in total. The van der Waals surface area contributed by atoms with E-state index in [4.69, 9.17) is 20.2 Å². The number of halogens is 1. The van der Waals surface area contributed by atoms with Gasteiger partial charge in [0, 0.05) is 22.2 Å². The van der Waals surface area contributed by atoms with Gasteiger partial charge < -0.3 is 4.42 Å². The minimum Gasteiger partial charge on any atom is -0.464 e. The van der Waals surface area contributed by atoms with Crippen LogP contribution in [0.3, 0.4) is 0 Å². The number of fused-ring (bicyclic) bond motifs is 1. The molecule has 15 heavy (non-hydrogen) atoms. The topological polar surface area (TPSA) is 39.4 Å². The summed E-state index contributed by atoms with van der Waals surface area (Å²) in [5.74, 6) is 0. The van der Waals surface area contributed by atoms with Crippen molar-refractivity contribution in [2.45, 2.75) is 6.61 Å². The van der Waals surface area contributed by atoms with Gasteiger partial charge in [0.1, 0.15) is 5.58 Å². The van der Waals surface area contributed by atoms with Gasteiger partial charge in [-0.2, -0.15) is 0 Å². The molecular formula is C10H9ClO3S. The standard InChI is InChI=1S/C10H9ClO3S/c1-15(12)14-6-7-5-13-10-3-2-8(11)4-9(7)10/h2-5H,6H2,1H3. The summed E-state index contributed by atoms with van der Waals surface area (Å²) in [5, 5.41) is 1.54. The van der Waals surface area contributed by atoms with Gasteiger partial charge in [0.15, 0.2) is 11.1 Å². The Kier molecular flexibility index (Phi) is 3.09. The molecule has 1 aromatic heterocycles. The lowest BCUT2D eigenvalue weighted by Crippen LogP contribution is -1.93. The van der Waals surface area contributed by atoms with Crippen molar-refractivity contribution in [1.29, 1.82) is 0 Å². The largest absolute Gasteiger partial charge is 0.464 e. The third-order valence-electron chi connectivity index (χ3n) is 2.00. The average Bonchev–Trinajstić information content (AvgIpc) is 2.57. The number of benzene rings is 1. The molecule has 3 nitrogen and oxygen atoms in total. The van der Waals surface area contributed by atoms with Gasteiger partial charge >= 0.3 is 0 Å². The van der Waals surface area contributed by atoms with Gasteiger partial charge in [0.2, 0.25) is 0 Å². The van der Waals surface area contributed by atoms with Crippen LogP contribution >= 0.6 is 11.6 Å². The van der Waals surface area contributed by atoms with E-state index in [-0.39, 0.29) is 6.61 Å². The zero-order valence-corrected chi connectivity index (χ0v) is 9.60. The molecule has 1 unspecified atom stereocenters. The van der Waals surface area contributed by atoms with Crippen molar-refractivity contribution >= 4 is 33.7 Å². The lowest BCUT2D eigenvalue weighted by Gasteiger charge is -1.97. The molecule has 0 saturated carbocycles. The predicted molar refractivity (Wildman–Crippen MR) is 60.1 cm³/mol. The van der Waals surface area contributed by atoms with E-state index in [1.165, 1.54) is 6.26 Å². The van der Waals surface area contributed by atoms with Gasteiger partial charge in [0.25, 0.3) is 0 Å². The summed E-state index contributed by atoms with van der Waals surface area (Å²) in [6.07, 6.45) is 3.07. The van der Waals surface area contributed by atoms with Crippen LogP contribution in [0.4, 0.5) is 0 Å². The molecule has 2 aromatic rings. The highest BCUT2D eigenvalue weighted by Gasteiger charge is 2.07. The number of rotatable bonds is 3. The summed E-state index contributed by atoms with van der Waals surface area (Å²) < 4.78 is 21.1. The average molecular weight is 245 g/mol. The molecule has 1 atom stereocenters. The Labute approximate surface area is 94.6 Å². The molecular weight excluding hydrogens is 236 g/mol. The van der Waals surface area contributed by atoms with Crippen molar-refractivity contribution in [2.24, 2.45) is 0 Å². The molecule has 0 spiro atoms. The van der Waals surface area contributed by atoms with E-state index >= 15 is 0 Å².